The van der Waals surface area contributed by atoms with Crippen molar-refractivity contribution in [1.29, 1.82) is 0 Å². The van der Waals surface area contributed by atoms with E-state index in [-0.39, 0.29) is 36.1 Å². The van der Waals surface area contributed by atoms with Crippen molar-refractivity contribution >= 4 is 18.3 Å². The van der Waals surface area contributed by atoms with Crippen molar-refractivity contribution in [3.63, 3.8) is 0 Å². The largest absolute Gasteiger partial charge is 0.388 e. The van der Waals surface area contributed by atoms with Crippen molar-refractivity contribution < 1.29 is 14.3 Å². The van der Waals surface area contributed by atoms with Crippen LogP contribution in [0, 0.1) is 11.7 Å². The van der Waals surface area contributed by atoms with E-state index in [4.69, 9.17) is 0 Å². The molecular weight excluding hydrogens is 295 g/mol. The number of nitrogens with one attached hydrogen (secondary N) is 2. The first-order valence-corrected chi connectivity index (χ1v) is 7.01. The van der Waals surface area contributed by atoms with Gasteiger partial charge in [0.15, 0.2) is 0 Å². The molecule has 0 saturated carbocycles. The fourth-order valence-electron chi connectivity index (χ4n) is 2.45. The number of aliphatic hydroxyl groups excluding tert-OH is 1. The van der Waals surface area contributed by atoms with Crippen LogP contribution in [0.1, 0.15) is 31.4 Å². The van der Waals surface area contributed by atoms with E-state index in [1.165, 1.54) is 12.1 Å². The molecule has 0 aromatic heterocycles. The van der Waals surface area contributed by atoms with Crippen LogP contribution in [0.5, 0.6) is 0 Å². The topological polar surface area (TPSA) is 61.4 Å². The monoisotopic (exact) mass is 316 g/mol. The van der Waals surface area contributed by atoms with E-state index in [9.17, 15) is 14.3 Å². The van der Waals surface area contributed by atoms with Crippen molar-refractivity contribution in [3.8, 4) is 0 Å². The Labute approximate surface area is 130 Å². The van der Waals surface area contributed by atoms with Crippen LogP contribution in [0.15, 0.2) is 24.3 Å². The molecule has 3 N–H and O–H groups in total. The van der Waals surface area contributed by atoms with E-state index >= 15 is 0 Å². The molecule has 3 unspecified atom stereocenters. The molecule has 1 aliphatic heterocycles. The number of carbonyl (C=O) groups is 1. The fourth-order valence-corrected chi connectivity index (χ4v) is 2.45. The third-order valence-electron chi connectivity index (χ3n) is 3.65. The number of rotatable bonds is 5. The molecule has 1 aromatic rings. The van der Waals surface area contributed by atoms with Crippen LogP contribution in [0.25, 0.3) is 0 Å². The lowest BCUT2D eigenvalue weighted by Crippen LogP contribution is -2.38. The number of hydrogen-bond donors (Lipinski definition) is 3. The first-order valence-electron chi connectivity index (χ1n) is 7.01. The molecule has 1 aliphatic rings. The van der Waals surface area contributed by atoms with E-state index in [0.717, 1.165) is 19.5 Å². The Hall–Kier alpha value is -1.17. The zero-order chi connectivity index (χ0) is 14.5. The van der Waals surface area contributed by atoms with Crippen molar-refractivity contribution in [3.05, 3.63) is 35.6 Å². The lowest BCUT2D eigenvalue weighted by atomic mass is 10.0. The van der Waals surface area contributed by atoms with Crippen molar-refractivity contribution in [2.45, 2.75) is 31.9 Å². The molecule has 0 radical (unpaired) electrons. The summed E-state index contributed by atoms with van der Waals surface area (Å²) in [5.74, 6) is -0.259. The summed E-state index contributed by atoms with van der Waals surface area (Å²) in [7, 11) is 0. The number of carbonyl (C=O) groups excluding carboxylic acids is 1. The van der Waals surface area contributed by atoms with Crippen LogP contribution < -0.4 is 10.6 Å². The zero-order valence-electron chi connectivity index (χ0n) is 12.0. The van der Waals surface area contributed by atoms with Crippen LogP contribution in [-0.2, 0) is 4.79 Å². The lowest BCUT2D eigenvalue weighted by Gasteiger charge is -2.20. The normalized spacial score (nSPS) is 20.4. The maximum Gasteiger partial charge on any atom is 0.224 e. The Bertz CT molecular complexity index is 449. The van der Waals surface area contributed by atoms with Gasteiger partial charge < -0.3 is 15.7 Å². The van der Waals surface area contributed by atoms with Gasteiger partial charge in [-0.2, -0.15) is 0 Å². The molecule has 1 aromatic carbocycles. The van der Waals surface area contributed by atoms with Gasteiger partial charge in [0.2, 0.25) is 5.91 Å². The van der Waals surface area contributed by atoms with E-state index in [1.54, 1.807) is 12.1 Å². The fraction of sp³-hybridized carbons (Fsp3) is 0.533. The predicted molar refractivity (Wildman–Crippen MR) is 81.8 cm³/mol. The van der Waals surface area contributed by atoms with Gasteiger partial charge in [0.1, 0.15) is 5.82 Å². The Morgan fingerprint density at radius 1 is 1.48 bits per heavy atom. The van der Waals surface area contributed by atoms with E-state index in [2.05, 4.69) is 10.6 Å². The van der Waals surface area contributed by atoms with Gasteiger partial charge in [0.25, 0.3) is 0 Å². The summed E-state index contributed by atoms with van der Waals surface area (Å²) in [6.45, 7) is 3.47. The van der Waals surface area contributed by atoms with Crippen LogP contribution in [0.4, 0.5) is 4.39 Å². The first kappa shape index (κ1) is 17.9. The van der Waals surface area contributed by atoms with E-state index in [1.807, 2.05) is 6.92 Å². The maximum atomic E-state index is 12.8. The minimum absolute atomic E-state index is 0. The SMILES string of the molecule is CC(CC(O)c1ccc(F)cc1)NC(=O)C1CCNC1.Cl. The number of hydrogen-bond acceptors (Lipinski definition) is 3. The van der Waals surface area contributed by atoms with E-state index < -0.39 is 6.10 Å². The zero-order valence-corrected chi connectivity index (χ0v) is 12.8. The van der Waals surface area contributed by atoms with Gasteiger partial charge in [-0.1, -0.05) is 12.1 Å². The Morgan fingerprint density at radius 3 is 2.71 bits per heavy atom. The molecule has 0 spiro atoms. The molecule has 0 bridgehead atoms. The lowest BCUT2D eigenvalue weighted by molar-refractivity contribution is -0.125. The van der Waals surface area contributed by atoms with Crippen molar-refractivity contribution in [2.75, 3.05) is 13.1 Å². The van der Waals surface area contributed by atoms with Gasteiger partial charge in [0.05, 0.1) is 12.0 Å². The molecule has 1 fully saturated rings. The highest BCUT2D eigenvalue weighted by atomic mass is 35.5. The average Bonchev–Trinajstić information content (AvgIpc) is 2.93. The number of benzene rings is 1. The maximum absolute atomic E-state index is 12.8. The molecule has 21 heavy (non-hydrogen) atoms. The molecule has 0 aliphatic carbocycles. The number of aliphatic hydroxyl groups is 1. The quantitative estimate of drug-likeness (QED) is 0.776. The average molecular weight is 317 g/mol. The Morgan fingerprint density at radius 2 is 2.14 bits per heavy atom. The minimum atomic E-state index is -0.701. The molecular formula is C15H22ClFN2O2. The third kappa shape index (κ3) is 5.26. The second-order valence-corrected chi connectivity index (χ2v) is 5.40. The van der Waals surface area contributed by atoms with Crippen LogP contribution >= 0.6 is 12.4 Å². The van der Waals surface area contributed by atoms with Crippen LogP contribution in [0.2, 0.25) is 0 Å². The molecule has 1 heterocycles. The standard InChI is InChI=1S/C15H21FN2O2.ClH/c1-10(18-15(20)12-6-7-17-9-12)8-14(19)11-2-4-13(16)5-3-11;/h2-5,10,12,14,17,19H,6-9H2,1H3,(H,18,20);1H. The molecule has 118 valence electrons. The second-order valence-electron chi connectivity index (χ2n) is 5.40. The van der Waals surface area contributed by atoms with Gasteiger partial charge >= 0.3 is 0 Å². The molecule has 3 atom stereocenters. The molecule has 1 amide bonds. The van der Waals surface area contributed by atoms with Crippen LogP contribution in [0.3, 0.4) is 0 Å². The summed E-state index contributed by atoms with van der Waals surface area (Å²) >= 11 is 0. The predicted octanol–water partition coefficient (Wildman–Crippen LogP) is 1.79. The Balaban J connectivity index is 0.00000220. The van der Waals surface area contributed by atoms with Gasteiger partial charge in [0, 0.05) is 12.6 Å². The molecule has 6 heteroatoms. The minimum Gasteiger partial charge on any atom is -0.388 e. The number of amides is 1. The van der Waals surface area contributed by atoms with Crippen molar-refractivity contribution in [2.24, 2.45) is 5.92 Å². The summed E-state index contributed by atoms with van der Waals surface area (Å²) in [5.41, 5.74) is 0.662. The first-order chi connectivity index (χ1) is 9.56. The van der Waals surface area contributed by atoms with Gasteiger partial charge in [-0.25, -0.2) is 4.39 Å². The summed E-state index contributed by atoms with van der Waals surface area (Å²) in [5, 5.41) is 16.1. The summed E-state index contributed by atoms with van der Waals surface area (Å²) in [6, 6.07) is 5.66. The molecule has 4 nitrogen and oxygen atoms in total. The summed E-state index contributed by atoms with van der Waals surface area (Å²) in [4.78, 5) is 11.9. The highest BCUT2D eigenvalue weighted by Crippen LogP contribution is 2.19. The molecule has 2 rings (SSSR count). The Kier molecular flexibility index (Phi) is 7.08. The summed E-state index contributed by atoms with van der Waals surface area (Å²) < 4.78 is 12.8. The molecule has 1 saturated heterocycles. The van der Waals surface area contributed by atoms with Gasteiger partial charge in [-0.05, 0) is 44.0 Å². The summed E-state index contributed by atoms with van der Waals surface area (Å²) in [6.07, 6.45) is 0.573. The van der Waals surface area contributed by atoms with Crippen LogP contribution in [-0.4, -0.2) is 30.1 Å². The van der Waals surface area contributed by atoms with Gasteiger partial charge in [-0.3, -0.25) is 4.79 Å². The third-order valence-corrected chi connectivity index (χ3v) is 3.65. The van der Waals surface area contributed by atoms with Gasteiger partial charge in [-0.15, -0.1) is 12.4 Å². The second kappa shape index (κ2) is 8.32. The van der Waals surface area contributed by atoms with Crippen molar-refractivity contribution in [1.82, 2.24) is 10.6 Å². The van der Waals surface area contributed by atoms with E-state index in [0.29, 0.717) is 12.0 Å². The number of halogens is 2. The smallest absolute Gasteiger partial charge is 0.224 e. The highest BCUT2D eigenvalue weighted by molar-refractivity contribution is 5.85. The highest BCUT2D eigenvalue weighted by Gasteiger charge is 2.24.